The average molecular weight is 348 g/mol. The van der Waals surface area contributed by atoms with E-state index in [2.05, 4.69) is 24.5 Å². The van der Waals surface area contributed by atoms with Crippen molar-refractivity contribution < 1.29 is 19.1 Å². The molecule has 0 fully saturated rings. The van der Waals surface area contributed by atoms with Gasteiger partial charge >= 0.3 is 5.97 Å². The number of esters is 1. The Balaban J connectivity index is 2.37. The van der Waals surface area contributed by atoms with Crippen molar-refractivity contribution in [2.45, 2.75) is 46.5 Å². The van der Waals surface area contributed by atoms with E-state index in [9.17, 15) is 14.4 Å². The zero-order valence-electron chi connectivity index (χ0n) is 15.3. The van der Waals surface area contributed by atoms with Crippen LogP contribution in [0.4, 0.5) is 5.69 Å². The van der Waals surface area contributed by atoms with Crippen molar-refractivity contribution in [2.75, 3.05) is 18.5 Å². The molecule has 0 saturated heterocycles. The highest BCUT2D eigenvalue weighted by atomic mass is 16.5. The summed E-state index contributed by atoms with van der Waals surface area (Å²) >= 11 is 0. The quantitative estimate of drug-likeness (QED) is 0.636. The number of benzene rings is 1. The van der Waals surface area contributed by atoms with Gasteiger partial charge < -0.3 is 15.4 Å². The average Bonchev–Trinajstić information content (AvgIpc) is 2.60. The summed E-state index contributed by atoms with van der Waals surface area (Å²) in [4.78, 5) is 34.7. The summed E-state index contributed by atoms with van der Waals surface area (Å²) in [6.45, 7) is 5.98. The fraction of sp³-hybridized carbons (Fsp3) is 0.526. The number of hydrogen-bond donors (Lipinski definition) is 2. The molecule has 1 atom stereocenters. The molecule has 25 heavy (non-hydrogen) atoms. The molecular weight excluding hydrogens is 320 g/mol. The van der Waals surface area contributed by atoms with Gasteiger partial charge in [-0.3, -0.25) is 9.59 Å². The molecule has 2 N–H and O–H groups in total. The van der Waals surface area contributed by atoms with Crippen LogP contribution in [0.2, 0.25) is 0 Å². The van der Waals surface area contributed by atoms with Crippen LogP contribution in [0.5, 0.6) is 0 Å². The third kappa shape index (κ3) is 8.33. The van der Waals surface area contributed by atoms with Crippen LogP contribution in [0.3, 0.4) is 0 Å². The molecule has 0 spiro atoms. The van der Waals surface area contributed by atoms with Crippen molar-refractivity contribution in [1.82, 2.24) is 5.32 Å². The molecule has 0 bridgehead atoms. The van der Waals surface area contributed by atoms with E-state index in [-0.39, 0.29) is 18.4 Å². The summed E-state index contributed by atoms with van der Waals surface area (Å²) in [6.07, 6.45) is 4.40. The van der Waals surface area contributed by atoms with Crippen LogP contribution in [0, 0.1) is 5.92 Å². The van der Waals surface area contributed by atoms with Gasteiger partial charge in [-0.1, -0.05) is 33.1 Å². The molecule has 0 saturated carbocycles. The maximum absolute atomic E-state index is 11.9. The number of carbonyl (C=O) groups is 3. The van der Waals surface area contributed by atoms with Gasteiger partial charge in [0.05, 0.1) is 5.56 Å². The first-order chi connectivity index (χ1) is 12.0. The number of anilines is 1. The van der Waals surface area contributed by atoms with E-state index in [0.29, 0.717) is 23.7 Å². The largest absolute Gasteiger partial charge is 0.452 e. The second-order valence-electron chi connectivity index (χ2n) is 6.06. The Labute approximate surface area is 149 Å². The highest BCUT2D eigenvalue weighted by Crippen LogP contribution is 2.12. The van der Waals surface area contributed by atoms with Gasteiger partial charge in [-0.05, 0) is 36.6 Å². The summed E-state index contributed by atoms with van der Waals surface area (Å²) in [5.74, 6) is -0.585. The monoisotopic (exact) mass is 348 g/mol. The SMILES string of the molecule is CCCC[C@H](CC)CNC(=O)COC(=O)c1ccc(NC(C)=O)cc1. The first kappa shape index (κ1) is 20.7. The number of nitrogens with one attached hydrogen (secondary N) is 2. The Morgan fingerprint density at radius 3 is 2.36 bits per heavy atom. The number of carbonyl (C=O) groups excluding carboxylic acids is 3. The molecule has 1 rings (SSSR count). The molecule has 1 aromatic carbocycles. The van der Waals surface area contributed by atoms with Gasteiger partial charge in [0.15, 0.2) is 6.61 Å². The van der Waals surface area contributed by atoms with Gasteiger partial charge in [0.1, 0.15) is 0 Å². The normalized spacial score (nSPS) is 11.5. The van der Waals surface area contributed by atoms with Gasteiger partial charge in [-0.15, -0.1) is 0 Å². The number of unbranched alkanes of at least 4 members (excludes halogenated alkanes) is 1. The van der Waals surface area contributed by atoms with E-state index in [1.807, 2.05) is 0 Å². The van der Waals surface area contributed by atoms with Crippen LogP contribution in [0.1, 0.15) is 56.8 Å². The van der Waals surface area contributed by atoms with Crippen LogP contribution in [-0.2, 0) is 14.3 Å². The lowest BCUT2D eigenvalue weighted by atomic mass is 9.99. The predicted octanol–water partition coefficient (Wildman–Crippen LogP) is 3.13. The minimum Gasteiger partial charge on any atom is -0.452 e. The lowest BCUT2D eigenvalue weighted by molar-refractivity contribution is -0.124. The van der Waals surface area contributed by atoms with Crippen molar-refractivity contribution >= 4 is 23.5 Å². The Morgan fingerprint density at radius 2 is 1.80 bits per heavy atom. The molecule has 0 unspecified atom stereocenters. The molecule has 0 radical (unpaired) electrons. The third-order valence-electron chi connectivity index (χ3n) is 3.91. The molecule has 0 aliphatic carbocycles. The smallest absolute Gasteiger partial charge is 0.338 e. The Morgan fingerprint density at radius 1 is 1.12 bits per heavy atom. The van der Waals surface area contributed by atoms with Gasteiger partial charge in [0.2, 0.25) is 5.91 Å². The minimum atomic E-state index is -0.567. The molecule has 2 amide bonds. The molecule has 0 aliphatic rings. The lowest BCUT2D eigenvalue weighted by Gasteiger charge is -2.15. The van der Waals surface area contributed by atoms with Crippen molar-refractivity contribution in [3.05, 3.63) is 29.8 Å². The summed E-state index contributed by atoms with van der Waals surface area (Å²) < 4.78 is 5.02. The van der Waals surface area contributed by atoms with E-state index in [1.165, 1.54) is 6.92 Å². The molecule has 6 heteroatoms. The van der Waals surface area contributed by atoms with E-state index >= 15 is 0 Å². The highest BCUT2D eigenvalue weighted by Gasteiger charge is 2.12. The van der Waals surface area contributed by atoms with Crippen molar-refractivity contribution in [3.8, 4) is 0 Å². The van der Waals surface area contributed by atoms with Crippen LogP contribution < -0.4 is 10.6 Å². The summed E-state index contributed by atoms with van der Waals surface area (Å²) in [6, 6.07) is 6.31. The molecular formula is C19H28N2O4. The topological polar surface area (TPSA) is 84.5 Å². The molecule has 138 valence electrons. The summed E-state index contributed by atoms with van der Waals surface area (Å²) in [5.41, 5.74) is 0.927. The Hall–Kier alpha value is -2.37. The summed E-state index contributed by atoms with van der Waals surface area (Å²) in [7, 11) is 0. The second-order valence-corrected chi connectivity index (χ2v) is 6.06. The van der Waals surface area contributed by atoms with Crippen molar-refractivity contribution in [2.24, 2.45) is 5.92 Å². The first-order valence-electron chi connectivity index (χ1n) is 8.77. The molecule has 0 aliphatic heterocycles. The van der Waals surface area contributed by atoms with Crippen molar-refractivity contribution in [3.63, 3.8) is 0 Å². The van der Waals surface area contributed by atoms with Gasteiger partial charge in [-0.2, -0.15) is 0 Å². The number of amides is 2. The first-order valence-corrected chi connectivity index (χ1v) is 8.77. The van der Waals surface area contributed by atoms with E-state index < -0.39 is 5.97 Å². The van der Waals surface area contributed by atoms with Gasteiger partial charge in [0, 0.05) is 19.2 Å². The number of rotatable bonds is 10. The van der Waals surface area contributed by atoms with Gasteiger partial charge in [0.25, 0.3) is 5.91 Å². The fourth-order valence-corrected chi connectivity index (χ4v) is 2.36. The van der Waals surface area contributed by atoms with E-state index in [1.54, 1.807) is 24.3 Å². The highest BCUT2D eigenvalue weighted by molar-refractivity contribution is 5.93. The van der Waals surface area contributed by atoms with Gasteiger partial charge in [-0.25, -0.2) is 4.79 Å². The number of hydrogen-bond acceptors (Lipinski definition) is 4. The molecule has 0 aromatic heterocycles. The van der Waals surface area contributed by atoms with Crippen LogP contribution in [-0.4, -0.2) is 30.9 Å². The number of ether oxygens (including phenoxy) is 1. The van der Waals surface area contributed by atoms with E-state index in [4.69, 9.17) is 4.74 Å². The van der Waals surface area contributed by atoms with Crippen LogP contribution in [0.25, 0.3) is 0 Å². The third-order valence-corrected chi connectivity index (χ3v) is 3.91. The lowest BCUT2D eigenvalue weighted by Crippen LogP contribution is -2.32. The fourth-order valence-electron chi connectivity index (χ4n) is 2.36. The Kier molecular flexibility index (Phi) is 9.29. The van der Waals surface area contributed by atoms with Crippen LogP contribution in [0.15, 0.2) is 24.3 Å². The zero-order valence-corrected chi connectivity index (χ0v) is 15.3. The second kappa shape index (κ2) is 11.2. The molecule has 1 aromatic rings. The summed E-state index contributed by atoms with van der Waals surface area (Å²) in [5, 5.41) is 5.43. The molecule has 6 nitrogen and oxygen atoms in total. The minimum absolute atomic E-state index is 0.184. The van der Waals surface area contributed by atoms with Crippen LogP contribution >= 0.6 is 0 Å². The standard InChI is InChI=1S/C19H28N2O4/c1-4-6-7-15(5-2)12-20-18(23)13-25-19(24)16-8-10-17(11-9-16)21-14(3)22/h8-11,15H,4-7,12-13H2,1-3H3,(H,20,23)(H,21,22)/t15-/m0/s1. The maximum atomic E-state index is 11.9. The Bertz CT molecular complexity index is 569. The van der Waals surface area contributed by atoms with Crippen molar-refractivity contribution in [1.29, 1.82) is 0 Å². The maximum Gasteiger partial charge on any atom is 0.338 e. The van der Waals surface area contributed by atoms with E-state index in [0.717, 1.165) is 25.7 Å². The zero-order chi connectivity index (χ0) is 18.7. The predicted molar refractivity (Wildman–Crippen MR) is 97.3 cm³/mol. The molecule has 0 heterocycles.